The van der Waals surface area contributed by atoms with Crippen molar-refractivity contribution in [2.45, 2.75) is 32.0 Å². The van der Waals surface area contributed by atoms with Crippen LogP contribution < -0.4 is 5.32 Å². The number of morpholine rings is 1. The summed E-state index contributed by atoms with van der Waals surface area (Å²) in [6, 6.07) is 15.5. The molecule has 1 saturated heterocycles. The van der Waals surface area contributed by atoms with Gasteiger partial charge in [-0.25, -0.2) is 0 Å². The molecule has 0 radical (unpaired) electrons. The van der Waals surface area contributed by atoms with Crippen LogP contribution in [0.2, 0.25) is 0 Å². The molecule has 2 aliphatic heterocycles. The Morgan fingerprint density at radius 2 is 1.80 bits per heavy atom. The van der Waals surface area contributed by atoms with Crippen LogP contribution in [0.15, 0.2) is 48.5 Å². The maximum atomic E-state index is 13.1. The van der Waals surface area contributed by atoms with Crippen molar-refractivity contribution in [3.8, 4) is 5.75 Å². The van der Waals surface area contributed by atoms with Crippen LogP contribution in [0.3, 0.4) is 0 Å². The van der Waals surface area contributed by atoms with Crippen LogP contribution in [0.5, 0.6) is 5.75 Å². The predicted molar refractivity (Wildman–Crippen MR) is 116 cm³/mol. The number of phenolic OH excluding ortho intramolecular Hbond substituents is 1. The highest BCUT2D eigenvalue weighted by atomic mass is 16.5. The molecule has 1 atom stereocenters. The third kappa shape index (κ3) is 5.39. The lowest BCUT2D eigenvalue weighted by Crippen LogP contribution is -2.50. The number of amides is 1. The highest BCUT2D eigenvalue weighted by molar-refractivity contribution is 5.82. The van der Waals surface area contributed by atoms with Gasteiger partial charge in [0, 0.05) is 32.7 Å². The average molecular weight is 410 g/mol. The number of nitrogens with one attached hydrogen (secondary N) is 1. The first-order chi connectivity index (χ1) is 14.7. The van der Waals surface area contributed by atoms with Crippen molar-refractivity contribution < 1.29 is 14.6 Å². The zero-order chi connectivity index (χ0) is 20.8. The van der Waals surface area contributed by atoms with Crippen LogP contribution in [-0.2, 0) is 29.0 Å². The van der Waals surface area contributed by atoms with E-state index >= 15 is 0 Å². The summed E-state index contributed by atoms with van der Waals surface area (Å²) < 4.78 is 5.39. The molecular weight excluding hydrogens is 378 g/mol. The summed E-state index contributed by atoms with van der Waals surface area (Å²) in [5.41, 5.74) is 3.64. The predicted octanol–water partition coefficient (Wildman–Crippen LogP) is 2.16. The highest BCUT2D eigenvalue weighted by Gasteiger charge is 2.31. The number of carbonyl (C=O) groups is 1. The van der Waals surface area contributed by atoms with E-state index in [0.717, 1.165) is 57.8 Å². The number of ether oxygens (including phenoxy) is 1. The van der Waals surface area contributed by atoms with Gasteiger partial charge in [-0.05, 0) is 48.2 Å². The Balaban J connectivity index is 1.37. The Morgan fingerprint density at radius 1 is 1.07 bits per heavy atom. The lowest BCUT2D eigenvalue weighted by atomic mass is 9.93. The second kappa shape index (κ2) is 10.1. The highest BCUT2D eigenvalue weighted by Crippen LogP contribution is 2.25. The molecule has 4 rings (SSSR count). The quantitative estimate of drug-likeness (QED) is 0.686. The second-order valence-electron chi connectivity index (χ2n) is 8.16. The molecule has 1 amide bonds. The second-order valence-corrected chi connectivity index (χ2v) is 8.16. The van der Waals surface area contributed by atoms with E-state index in [1.165, 1.54) is 11.1 Å². The number of phenols is 1. The summed E-state index contributed by atoms with van der Waals surface area (Å²) in [6.45, 7) is 6.70. The molecule has 0 aromatic heterocycles. The fraction of sp³-hybridized carbons (Fsp3) is 0.458. The van der Waals surface area contributed by atoms with Crippen LogP contribution in [0, 0.1) is 0 Å². The van der Waals surface area contributed by atoms with Crippen LogP contribution >= 0.6 is 0 Å². The maximum Gasteiger partial charge on any atom is 0.237 e. The SMILES string of the molecule is O=C(NCCCN1CCOCC1)C1Cc2ccccc2CN1Cc1ccc(O)cc1. The van der Waals surface area contributed by atoms with Gasteiger partial charge in [-0.15, -0.1) is 0 Å². The molecule has 2 aromatic carbocycles. The van der Waals surface area contributed by atoms with Crippen LogP contribution in [0.1, 0.15) is 23.1 Å². The summed E-state index contributed by atoms with van der Waals surface area (Å²) in [5.74, 6) is 0.363. The molecule has 2 aliphatic rings. The van der Waals surface area contributed by atoms with Crippen LogP contribution in [-0.4, -0.2) is 66.2 Å². The van der Waals surface area contributed by atoms with Gasteiger partial charge in [-0.1, -0.05) is 36.4 Å². The summed E-state index contributed by atoms with van der Waals surface area (Å²) in [4.78, 5) is 17.7. The molecule has 6 nitrogen and oxygen atoms in total. The Bertz CT molecular complexity index is 834. The van der Waals surface area contributed by atoms with Crippen molar-refractivity contribution in [1.29, 1.82) is 0 Å². The molecule has 0 saturated carbocycles. The number of fused-ring (bicyclic) bond motifs is 1. The van der Waals surface area contributed by atoms with Gasteiger partial charge >= 0.3 is 0 Å². The fourth-order valence-corrected chi connectivity index (χ4v) is 4.29. The third-order valence-electron chi connectivity index (χ3n) is 6.02. The van der Waals surface area contributed by atoms with Crippen molar-refractivity contribution in [2.75, 3.05) is 39.4 Å². The largest absolute Gasteiger partial charge is 0.508 e. The van der Waals surface area contributed by atoms with E-state index in [4.69, 9.17) is 4.74 Å². The van der Waals surface area contributed by atoms with Gasteiger partial charge < -0.3 is 15.2 Å². The van der Waals surface area contributed by atoms with E-state index in [9.17, 15) is 9.90 Å². The van der Waals surface area contributed by atoms with Crippen molar-refractivity contribution >= 4 is 5.91 Å². The normalized spacial score (nSPS) is 19.9. The van der Waals surface area contributed by atoms with Gasteiger partial charge in [0.05, 0.1) is 19.3 Å². The van der Waals surface area contributed by atoms with Gasteiger partial charge in [0.15, 0.2) is 0 Å². The molecule has 1 fully saturated rings. The number of benzene rings is 2. The molecule has 2 aromatic rings. The van der Waals surface area contributed by atoms with Crippen molar-refractivity contribution in [2.24, 2.45) is 0 Å². The number of aromatic hydroxyl groups is 1. The van der Waals surface area contributed by atoms with Crippen molar-refractivity contribution in [1.82, 2.24) is 15.1 Å². The molecule has 6 heteroatoms. The Hall–Kier alpha value is -2.41. The Morgan fingerprint density at radius 3 is 2.57 bits per heavy atom. The summed E-state index contributed by atoms with van der Waals surface area (Å²) in [7, 11) is 0. The topological polar surface area (TPSA) is 65.0 Å². The lowest BCUT2D eigenvalue weighted by Gasteiger charge is -2.36. The average Bonchev–Trinajstić information content (AvgIpc) is 2.78. The number of nitrogens with zero attached hydrogens (tertiary/aromatic N) is 2. The number of hydrogen-bond donors (Lipinski definition) is 2. The van der Waals surface area contributed by atoms with E-state index in [-0.39, 0.29) is 17.7 Å². The number of carbonyl (C=O) groups excluding carboxylic acids is 1. The standard InChI is InChI=1S/C24H31N3O3/c28-22-8-6-19(7-9-22)17-27-18-21-5-2-1-4-20(21)16-23(27)24(29)25-10-3-11-26-12-14-30-15-13-26/h1-2,4-9,23,28H,3,10-18H2,(H,25,29). The Labute approximate surface area is 178 Å². The van der Waals surface area contributed by atoms with Crippen LogP contribution in [0.4, 0.5) is 0 Å². The van der Waals surface area contributed by atoms with Gasteiger partial charge in [-0.2, -0.15) is 0 Å². The summed E-state index contributed by atoms with van der Waals surface area (Å²) in [6.07, 6.45) is 1.68. The first-order valence-corrected chi connectivity index (χ1v) is 10.9. The molecule has 0 aliphatic carbocycles. The monoisotopic (exact) mass is 409 g/mol. The van der Waals surface area contributed by atoms with E-state index in [1.54, 1.807) is 12.1 Å². The molecule has 30 heavy (non-hydrogen) atoms. The minimum Gasteiger partial charge on any atom is -0.508 e. The van der Waals surface area contributed by atoms with Crippen LogP contribution in [0.25, 0.3) is 0 Å². The van der Waals surface area contributed by atoms with Gasteiger partial charge in [0.25, 0.3) is 0 Å². The first-order valence-electron chi connectivity index (χ1n) is 10.9. The number of hydrogen-bond acceptors (Lipinski definition) is 5. The summed E-state index contributed by atoms with van der Waals surface area (Å²) in [5, 5.41) is 12.7. The first kappa shape index (κ1) is 20.8. The third-order valence-corrected chi connectivity index (χ3v) is 6.02. The molecule has 2 heterocycles. The zero-order valence-electron chi connectivity index (χ0n) is 17.4. The van der Waals surface area contributed by atoms with Gasteiger partial charge in [0.1, 0.15) is 5.75 Å². The van der Waals surface area contributed by atoms with E-state index < -0.39 is 0 Å². The minimum absolute atomic E-state index is 0.102. The smallest absolute Gasteiger partial charge is 0.237 e. The molecule has 160 valence electrons. The van der Waals surface area contributed by atoms with Gasteiger partial charge in [0.2, 0.25) is 5.91 Å². The van der Waals surface area contributed by atoms with Gasteiger partial charge in [-0.3, -0.25) is 14.6 Å². The summed E-state index contributed by atoms with van der Waals surface area (Å²) >= 11 is 0. The van der Waals surface area contributed by atoms with E-state index in [2.05, 4.69) is 33.3 Å². The van der Waals surface area contributed by atoms with E-state index in [1.807, 2.05) is 18.2 Å². The maximum absolute atomic E-state index is 13.1. The van der Waals surface area contributed by atoms with Crippen molar-refractivity contribution in [3.05, 3.63) is 65.2 Å². The minimum atomic E-state index is -0.183. The Kier molecular flexibility index (Phi) is 7.00. The molecule has 1 unspecified atom stereocenters. The molecular formula is C24H31N3O3. The number of rotatable bonds is 7. The molecule has 0 bridgehead atoms. The van der Waals surface area contributed by atoms with Crippen molar-refractivity contribution in [3.63, 3.8) is 0 Å². The fourth-order valence-electron chi connectivity index (χ4n) is 4.29. The molecule has 2 N–H and O–H groups in total. The van der Waals surface area contributed by atoms with E-state index in [0.29, 0.717) is 13.1 Å². The lowest BCUT2D eigenvalue weighted by molar-refractivity contribution is -0.127. The molecule has 0 spiro atoms. The zero-order valence-corrected chi connectivity index (χ0v) is 17.4.